The lowest BCUT2D eigenvalue weighted by molar-refractivity contribution is -0.132. The van der Waals surface area contributed by atoms with Crippen molar-refractivity contribution in [2.75, 3.05) is 19.8 Å². The molecule has 0 aliphatic heterocycles. The third kappa shape index (κ3) is 9.35. The van der Waals surface area contributed by atoms with Crippen LogP contribution in [0.5, 0.6) is 0 Å². The summed E-state index contributed by atoms with van der Waals surface area (Å²) in [4.78, 5) is 11.2. The molecule has 0 bridgehead atoms. The monoisotopic (exact) mass is 332 g/mol. The predicted octanol–water partition coefficient (Wildman–Crippen LogP) is 3.95. The summed E-state index contributed by atoms with van der Waals surface area (Å²) in [6.45, 7) is 9.40. The van der Waals surface area contributed by atoms with E-state index in [9.17, 15) is 4.79 Å². The summed E-state index contributed by atoms with van der Waals surface area (Å²) in [5.74, 6) is -0.964. The van der Waals surface area contributed by atoms with E-state index in [1.54, 1.807) is 12.6 Å². The van der Waals surface area contributed by atoms with Crippen LogP contribution in [0.25, 0.3) is 0 Å². The number of hydrogen-bond donors (Lipinski definition) is 1. The van der Waals surface area contributed by atoms with E-state index in [-0.39, 0.29) is 5.57 Å². The predicted molar refractivity (Wildman–Crippen MR) is 89.7 cm³/mol. The van der Waals surface area contributed by atoms with Gasteiger partial charge in [0, 0.05) is 25.4 Å². The number of aliphatic carboxylic acids is 1. The van der Waals surface area contributed by atoms with Crippen molar-refractivity contribution in [1.29, 1.82) is 0 Å². The second-order valence-electron chi connectivity index (χ2n) is 5.34. The molecule has 0 aliphatic rings. The minimum absolute atomic E-state index is 0.219. The molecule has 0 radical (unpaired) electrons. The Kier molecular flexibility index (Phi) is 12.4. The molecular weight excluding hydrogens is 300 g/mol. The average molecular weight is 333 g/mol. The zero-order chi connectivity index (χ0) is 16.8. The molecule has 0 fully saturated rings. The maximum atomic E-state index is 11.2. The molecule has 22 heavy (non-hydrogen) atoms. The Hall–Kier alpha value is -0.693. The molecule has 0 spiro atoms. The highest BCUT2D eigenvalue weighted by molar-refractivity contribution is 6.66. The standard InChI is InChI=1S/C16H32O5Si/c1-5-8-11-19-22(20-12-9-6-2,21-13-10-7-3)14-15(4)16(17)18/h14H,5-13H2,1-4H3,(H,17,18). The molecular formula is C16H32O5Si. The molecule has 0 heterocycles. The van der Waals surface area contributed by atoms with Gasteiger partial charge in [0.25, 0.3) is 0 Å². The Labute approximate surface area is 136 Å². The largest absolute Gasteiger partial charge is 0.530 e. The van der Waals surface area contributed by atoms with Crippen molar-refractivity contribution < 1.29 is 23.2 Å². The van der Waals surface area contributed by atoms with Gasteiger partial charge >= 0.3 is 14.8 Å². The van der Waals surface area contributed by atoms with E-state index < -0.39 is 14.8 Å². The van der Waals surface area contributed by atoms with Crippen LogP contribution in [0.3, 0.4) is 0 Å². The summed E-state index contributed by atoms with van der Waals surface area (Å²) in [5, 5.41) is 9.15. The van der Waals surface area contributed by atoms with Gasteiger partial charge in [0.05, 0.1) is 0 Å². The van der Waals surface area contributed by atoms with E-state index in [2.05, 4.69) is 20.8 Å². The van der Waals surface area contributed by atoms with Crippen molar-refractivity contribution in [2.24, 2.45) is 0 Å². The number of carboxylic acids is 1. The molecule has 0 rings (SSSR count). The maximum absolute atomic E-state index is 11.2. The third-order valence-electron chi connectivity index (χ3n) is 3.13. The lowest BCUT2D eigenvalue weighted by Crippen LogP contribution is -2.46. The third-order valence-corrected chi connectivity index (χ3v) is 5.74. The minimum atomic E-state index is -3.08. The molecule has 6 heteroatoms. The van der Waals surface area contributed by atoms with Crippen LogP contribution in [0.1, 0.15) is 66.2 Å². The van der Waals surface area contributed by atoms with Crippen molar-refractivity contribution in [3.05, 3.63) is 11.3 Å². The molecule has 0 unspecified atom stereocenters. The second-order valence-corrected chi connectivity index (χ2v) is 7.70. The number of unbranched alkanes of at least 4 members (excludes halogenated alkanes) is 3. The van der Waals surface area contributed by atoms with Gasteiger partial charge < -0.3 is 18.4 Å². The molecule has 0 atom stereocenters. The van der Waals surface area contributed by atoms with E-state index >= 15 is 0 Å². The van der Waals surface area contributed by atoms with Crippen molar-refractivity contribution >= 4 is 14.8 Å². The summed E-state index contributed by atoms with van der Waals surface area (Å²) in [6, 6.07) is 0. The molecule has 130 valence electrons. The van der Waals surface area contributed by atoms with Crippen LogP contribution in [-0.4, -0.2) is 39.7 Å². The Bertz CT molecular complexity index is 304. The summed E-state index contributed by atoms with van der Waals surface area (Å²) < 4.78 is 17.8. The lowest BCUT2D eigenvalue weighted by atomic mass is 10.4. The van der Waals surface area contributed by atoms with Crippen molar-refractivity contribution in [2.45, 2.75) is 66.2 Å². The summed E-state index contributed by atoms with van der Waals surface area (Å²) in [7, 11) is -3.08. The smallest absolute Gasteiger partial charge is 0.478 e. The van der Waals surface area contributed by atoms with Gasteiger partial charge in [0.2, 0.25) is 0 Å². The van der Waals surface area contributed by atoms with Gasteiger partial charge in [-0.3, -0.25) is 0 Å². The van der Waals surface area contributed by atoms with Gasteiger partial charge in [0.1, 0.15) is 0 Å². The molecule has 0 aromatic rings. The van der Waals surface area contributed by atoms with Crippen LogP contribution in [-0.2, 0) is 18.1 Å². The normalized spacial score (nSPS) is 12.6. The fourth-order valence-electron chi connectivity index (χ4n) is 1.65. The van der Waals surface area contributed by atoms with Crippen LogP contribution in [0.4, 0.5) is 0 Å². The van der Waals surface area contributed by atoms with Gasteiger partial charge in [0.15, 0.2) is 0 Å². The molecule has 5 nitrogen and oxygen atoms in total. The topological polar surface area (TPSA) is 65.0 Å². The molecule has 0 saturated heterocycles. The SMILES string of the molecule is CCCCO[Si](C=C(C)C(=O)O)(OCCCC)OCCCC. The van der Waals surface area contributed by atoms with E-state index in [1.165, 1.54) is 0 Å². The number of carboxylic acid groups (broad SMARTS) is 1. The van der Waals surface area contributed by atoms with Gasteiger partial charge in [-0.05, 0) is 31.9 Å². The van der Waals surface area contributed by atoms with E-state index in [0.29, 0.717) is 19.8 Å². The lowest BCUT2D eigenvalue weighted by Gasteiger charge is -2.27. The highest BCUT2D eigenvalue weighted by Crippen LogP contribution is 2.17. The Morgan fingerprint density at radius 1 is 0.909 bits per heavy atom. The zero-order valence-corrected chi connectivity index (χ0v) is 15.5. The first-order valence-corrected chi connectivity index (χ1v) is 10.2. The van der Waals surface area contributed by atoms with Crippen LogP contribution in [0.15, 0.2) is 11.3 Å². The van der Waals surface area contributed by atoms with Crippen LogP contribution < -0.4 is 0 Å². The van der Waals surface area contributed by atoms with Crippen LogP contribution >= 0.6 is 0 Å². The summed E-state index contributed by atoms with van der Waals surface area (Å²) in [6.07, 6.45) is 5.75. The van der Waals surface area contributed by atoms with Crippen LogP contribution in [0.2, 0.25) is 0 Å². The Morgan fingerprint density at radius 2 is 1.27 bits per heavy atom. The molecule has 0 aliphatic carbocycles. The second kappa shape index (κ2) is 12.8. The van der Waals surface area contributed by atoms with Gasteiger partial charge in [-0.2, -0.15) is 0 Å². The zero-order valence-electron chi connectivity index (χ0n) is 14.5. The molecule has 0 amide bonds. The van der Waals surface area contributed by atoms with E-state index in [4.69, 9.17) is 18.4 Å². The Balaban J connectivity index is 5.08. The maximum Gasteiger partial charge on any atom is 0.530 e. The number of carbonyl (C=O) groups is 1. The fourth-order valence-corrected chi connectivity index (χ4v) is 4.09. The highest BCUT2D eigenvalue weighted by atomic mass is 28.4. The quantitative estimate of drug-likeness (QED) is 0.296. The highest BCUT2D eigenvalue weighted by Gasteiger charge is 2.39. The van der Waals surface area contributed by atoms with Gasteiger partial charge in [-0.25, -0.2) is 4.79 Å². The van der Waals surface area contributed by atoms with Crippen molar-refractivity contribution in [3.63, 3.8) is 0 Å². The number of hydrogen-bond acceptors (Lipinski definition) is 4. The molecule has 1 N–H and O–H groups in total. The molecule has 0 aromatic heterocycles. The number of rotatable bonds is 14. The van der Waals surface area contributed by atoms with Crippen molar-refractivity contribution in [3.8, 4) is 0 Å². The van der Waals surface area contributed by atoms with Gasteiger partial charge in [-0.15, -0.1) is 0 Å². The van der Waals surface area contributed by atoms with Gasteiger partial charge in [-0.1, -0.05) is 40.0 Å². The first-order valence-electron chi connectivity index (χ1n) is 8.35. The summed E-state index contributed by atoms with van der Waals surface area (Å²) >= 11 is 0. The first-order chi connectivity index (χ1) is 10.5. The molecule has 0 aromatic carbocycles. The minimum Gasteiger partial charge on any atom is -0.478 e. The fraction of sp³-hybridized carbons (Fsp3) is 0.812. The molecule has 0 saturated carbocycles. The average Bonchev–Trinajstić information content (AvgIpc) is 2.48. The van der Waals surface area contributed by atoms with Crippen molar-refractivity contribution in [1.82, 2.24) is 0 Å². The van der Waals surface area contributed by atoms with Crippen LogP contribution in [0, 0.1) is 0 Å². The van der Waals surface area contributed by atoms with E-state index in [1.807, 2.05) is 0 Å². The van der Waals surface area contributed by atoms with E-state index in [0.717, 1.165) is 38.5 Å². The first kappa shape index (κ1) is 21.3. The Morgan fingerprint density at radius 3 is 1.55 bits per heavy atom. The summed E-state index contributed by atoms with van der Waals surface area (Å²) in [5.41, 5.74) is 1.80.